The fraction of sp³-hybridized carbons (Fsp3) is 0.381. The number of methoxy groups -OCH3 is 1. The number of ether oxygens (including phenoxy) is 2. The van der Waals surface area contributed by atoms with Crippen LogP contribution in [-0.2, 0) is 7.05 Å². The van der Waals surface area contributed by atoms with Gasteiger partial charge in [0.25, 0.3) is 5.56 Å². The predicted molar refractivity (Wildman–Crippen MR) is 115 cm³/mol. The molecule has 0 bridgehead atoms. The third kappa shape index (κ3) is 5.53. The molecular weight excluding hydrogens is 384 g/mol. The van der Waals surface area contributed by atoms with Crippen LogP contribution >= 0.6 is 0 Å². The van der Waals surface area contributed by atoms with Gasteiger partial charge in [0, 0.05) is 42.0 Å². The second-order valence-electron chi connectivity index (χ2n) is 7.37. The van der Waals surface area contributed by atoms with Crippen molar-refractivity contribution in [3.63, 3.8) is 0 Å². The van der Waals surface area contributed by atoms with Gasteiger partial charge in [0.15, 0.2) is 0 Å². The van der Waals surface area contributed by atoms with Crippen LogP contribution in [0, 0.1) is 5.92 Å². The lowest BCUT2D eigenvalue weighted by atomic mass is 10.2. The number of allylic oxidation sites excluding steroid dienone is 3. The van der Waals surface area contributed by atoms with E-state index in [0.717, 1.165) is 17.9 Å². The molecule has 2 heterocycles. The number of rotatable bonds is 9. The van der Waals surface area contributed by atoms with Gasteiger partial charge in [-0.05, 0) is 37.6 Å². The zero-order chi connectivity index (χ0) is 21.7. The van der Waals surface area contributed by atoms with Gasteiger partial charge in [-0.2, -0.15) is 0 Å². The Morgan fingerprint density at radius 2 is 2.17 bits per heavy atom. The van der Waals surface area contributed by atoms with Gasteiger partial charge >= 0.3 is 0 Å². The average molecular weight is 412 g/mol. The number of hydrogen-bond donors (Lipinski definition) is 3. The first kappa shape index (κ1) is 21.2. The molecule has 5 N–H and O–H groups in total. The molecule has 0 unspecified atom stereocenters. The van der Waals surface area contributed by atoms with E-state index in [0.29, 0.717) is 47.9 Å². The van der Waals surface area contributed by atoms with Crippen molar-refractivity contribution in [3.8, 4) is 11.6 Å². The first-order valence-electron chi connectivity index (χ1n) is 9.70. The highest BCUT2D eigenvalue weighted by molar-refractivity contribution is 5.44. The molecule has 1 saturated carbocycles. The summed E-state index contributed by atoms with van der Waals surface area (Å²) in [5.74, 6) is 1.86. The van der Waals surface area contributed by atoms with Gasteiger partial charge in [-0.3, -0.25) is 9.78 Å². The SMILES string of the molecule is COc1ccc([C@H]2C[C@@H]2COc2cc(NC/C(N)=C/C=C(/C)N)c(=O)n(C)n2)nc1. The summed E-state index contributed by atoms with van der Waals surface area (Å²) in [5.41, 5.74) is 13.9. The summed E-state index contributed by atoms with van der Waals surface area (Å²) in [4.78, 5) is 16.8. The van der Waals surface area contributed by atoms with Gasteiger partial charge in [-0.25, -0.2) is 4.68 Å². The zero-order valence-corrected chi connectivity index (χ0v) is 17.5. The summed E-state index contributed by atoms with van der Waals surface area (Å²) in [6.45, 7) is 2.58. The summed E-state index contributed by atoms with van der Waals surface area (Å²) in [6.07, 6.45) is 6.14. The fourth-order valence-corrected chi connectivity index (χ4v) is 2.99. The molecule has 1 aliphatic rings. The van der Waals surface area contributed by atoms with Gasteiger partial charge in [0.2, 0.25) is 5.88 Å². The molecule has 0 saturated heterocycles. The van der Waals surface area contributed by atoms with E-state index >= 15 is 0 Å². The topological polar surface area (TPSA) is 130 Å². The van der Waals surface area contributed by atoms with Crippen molar-refractivity contribution in [1.29, 1.82) is 0 Å². The molecule has 0 aliphatic heterocycles. The summed E-state index contributed by atoms with van der Waals surface area (Å²) < 4.78 is 12.2. The Hall–Kier alpha value is -3.49. The molecule has 0 spiro atoms. The molecule has 0 aromatic carbocycles. The molecular formula is C21H28N6O3. The van der Waals surface area contributed by atoms with E-state index in [4.69, 9.17) is 20.9 Å². The van der Waals surface area contributed by atoms with E-state index in [1.54, 1.807) is 45.5 Å². The van der Waals surface area contributed by atoms with Crippen molar-refractivity contribution in [2.45, 2.75) is 19.3 Å². The lowest BCUT2D eigenvalue weighted by Gasteiger charge is -2.11. The van der Waals surface area contributed by atoms with Crippen LogP contribution in [0.4, 0.5) is 5.69 Å². The van der Waals surface area contributed by atoms with Crippen molar-refractivity contribution >= 4 is 5.69 Å². The summed E-state index contributed by atoms with van der Waals surface area (Å²) in [5, 5.41) is 7.21. The molecule has 1 fully saturated rings. The monoisotopic (exact) mass is 412 g/mol. The van der Waals surface area contributed by atoms with Crippen molar-refractivity contribution in [3.05, 3.63) is 64.0 Å². The van der Waals surface area contributed by atoms with Crippen molar-refractivity contribution in [1.82, 2.24) is 14.8 Å². The molecule has 2 aromatic rings. The normalized spacial score (nSPS) is 18.8. The van der Waals surface area contributed by atoms with Crippen LogP contribution in [0.1, 0.15) is 25.0 Å². The number of anilines is 1. The standard InChI is InChI=1S/C21H28N6O3/c1-13(22)4-5-15(23)10-24-19-9-20(26-27(2)21(19)28)30-12-14-8-17(14)18-7-6-16(29-3)11-25-18/h4-7,9,11,14,17,24H,8,10,12,22-23H2,1-3H3/b13-4-,15-5-/t14-,17+/m1/s1. The van der Waals surface area contributed by atoms with Crippen molar-refractivity contribution in [2.75, 3.05) is 25.6 Å². The van der Waals surface area contributed by atoms with E-state index in [9.17, 15) is 4.79 Å². The van der Waals surface area contributed by atoms with E-state index in [2.05, 4.69) is 15.4 Å². The summed E-state index contributed by atoms with van der Waals surface area (Å²) in [7, 11) is 3.21. The van der Waals surface area contributed by atoms with Gasteiger partial charge in [0.05, 0.1) is 26.5 Å². The summed E-state index contributed by atoms with van der Waals surface area (Å²) >= 11 is 0. The van der Waals surface area contributed by atoms with Crippen LogP contribution in [0.25, 0.3) is 0 Å². The molecule has 0 radical (unpaired) electrons. The number of nitrogens with two attached hydrogens (primary N) is 2. The number of pyridine rings is 1. The number of nitrogens with one attached hydrogen (secondary N) is 1. The second kappa shape index (κ2) is 9.34. The third-order valence-electron chi connectivity index (χ3n) is 4.83. The second-order valence-corrected chi connectivity index (χ2v) is 7.37. The molecule has 9 heteroatoms. The minimum Gasteiger partial charge on any atom is -0.495 e. The molecule has 9 nitrogen and oxygen atoms in total. The highest BCUT2D eigenvalue weighted by atomic mass is 16.5. The number of aryl methyl sites for hydroxylation is 1. The van der Waals surface area contributed by atoms with Gasteiger partial charge in [-0.15, -0.1) is 5.10 Å². The van der Waals surface area contributed by atoms with Gasteiger partial charge in [0.1, 0.15) is 11.4 Å². The maximum absolute atomic E-state index is 12.3. The van der Waals surface area contributed by atoms with Crippen LogP contribution < -0.4 is 31.8 Å². The Balaban J connectivity index is 1.58. The molecule has 160 valence electrons. The first-order chi connectivity index (χ1) is 14.4. The van der Waals surface area contributed by atoms with E-state index < -0.39 is 0 Å². The summed E-state index contributed by atoms with van der Waals surface area (Å²) in [6, 6.07) is 5.49. The lowest BCUT2D eigenvalue weighted by Crippen LogP contribution is -2.25. The molecule has 2 aromatic heterocycles. The molecule has 2 atom stereocenters. The highest BCUT2D eigenvalue weighted by Crippen LogP contribution is 2.46. The van der Waals surface area contributed by atoms with E-state index in [1.165, 1.54) is 4.68 Å². The van der Waals surface area contributed by atoms with E-state index in [-0.39, 0.29) is 5.56 Å². The Bertz CT molecular complexity index is 993. The maximum Gasteiger partial charge on any atom is 0.290 e. The Morgan fingerprint density at radius 1 is 1.37 bits per heavy atom. The fourth-order valence-electron chi connectivity index (χ4n) is 2.99. The lowest BCUT2D eigenvalue weighted by molar-refractivity contribution is 0.278. The Morgan fingerprint density at radius 3 is 2.83 bits per heavy atom. The van der Waals surface area contributed by atoms with Crippen LogP contribution in [-0.4, -0.2) is 35.0 Å². The predicted octanol–water partition coefficient (Wildman–Crippen LogP) is 1.48. The highest BCUT2D eigenvalue weighted by Gasteiger charge is 2.40. The molecule has 30 heavy (non-hydrogen) atoms. The molecule has 1 aliphatic carbocycles. The average Bonchev–Trinajstić information content (AvgIpc) is 3.51. The van der Waals surface area contributed by atoms with Gasteiger partial charge < -0.3 is 26.3 Å². The quantitative estimate of drug-likeness (QED) is 0.528. The molecule has 0 amide bonds. The van der Waals surface area contributed by atoms with Crippen LogP contribution in [0.5, 0.6) is 11.6 Å². The van der Waals surface area contributed by atoms with E-state index in [1.807, 2.05) is 12.1 Å². The van der Waals surface area contributed by atoms with Gasteiger partial charge in [-0.1, -0.05) is 0 Å². The largest absolute Gasteiger partial charge is 0.495 e. The third-order valence-corrected chi connectivity index (χ3v) is 4.83. The number of nitrogens with zero attached hydrogens (tertiary/aromatic N) is 3. The minimum absolute atomic E-state index is 0.257. The number of aromatic nitrogens is 3. The van der Waals surface area contributed by atoms with Crippen LogP contribution in [0.15, 0.2) is 52.7 Å². The number of hydrogen-bond acceptors (Lipinski definition) is 8. The van der Waals surface area contributed by atoms with Crippen LogP contribution in [0.3, 0.4) is 0 Å². The maximum atomic E-state index is 12.3. The minimum atomic E-state index is -0.257. The smallest absolute Gasteiger partial charge is 0.290 e. The first-order valence-corrected chi connectivity index (χ1v) is 9.70. The molecule has 3 rings (SSSR count). The van der Waals surface area contributed by atoms with Crippen molar-refractivity contribution < 1.29 is 9.47 Å². The zero-order valence-electron chi connectivity index (χ0n) is 17.5. The van der Waals surface area contributed by atoms with Crippen LogP contribution in [0.2, 0.25) is 0 Å². The Kier molecular flexibility index (Phi) is 6.61. The van der Waals surface area contributed by atoms with Crippen molar-refractivity contribution in [2.24, 2.45) is 24.4 Å². The Labute approximate surface area is 175 Å².